The molecule has 2 rings (SSSR count). The second-order valence-electron chi connectivity index (χ2n) is 4.70. The molecule has 18 heavy (non-hydrogen) atoms. The Morgan fingerprint density at radius 3 is 2.44 bits per heavy atom. The van der Waals surface area contributed by atoms with Gasteiger partial charge in [-0.15, -0.1) is 0 Å². The summed E-state index contributed by atoms with van der Waals surface area (Å²) >= 11 is 0. The molecule has 0 aliphatic heterocycles. The van der Waals surface area contributed by atoms with Crippen molar-refractivity contribution in [1.82, 2.24) is 0 Å². The smallest absolute Gasteiger partial charge is 0.310 e. The van der Waals surface area contributed by atoms with Crippen molar-refractivity contribution in [2.45, 2.75) is 42.2 Å². The maximum absolute atomic E-state index is 12.4. The molecule has 0 spiro atoms. The molecule has 4 nitrogen and oxygen atoms in total. The van der Waals surface area contributed by atoms with Gasteiger partial charge in [0.1, 0.15) is 0 Å². The fourth-order valence-electron chi connectivity index (χ4n) is 2.09. The predicted molar refractivity (Wildman–Crippen MR) is 67.3 cm³/mol. The van der Waals surface area contributed by atoms with E-state index in [1.54, 1.807) is 18.2 Å². The Kier molecular flexibility index (Phi) is 3.43. The minimum atomic E-state index is -3.37. The first-order valence-electron chi connectivity index (χ1n) is 6.00. The third kappa shape index (κ3) is 2.14. The van der Waals surface area contributed by atoms with Gasteiger partial charge in [-0.2, -0.15) is 0 Å². The average Bonchev–Trinajstić information content (AvgIpc) is 2.25. The highest BCUT2D eigenvalue weighted by Crippen LogP contribution is 2.34. The lowest BCUT2D eigenvalue weighted by atomic mass is 10.00. The van der Waals surface area contributed by atoms with Crippen LogP contribution in [0, 0.1) is 0 Å². The zero-order chi connectivity index (χ0) is 13.3. The third-order valence-corrected chi connectivity index (χ3v) is 5.89. The van der Waals surface area contributed by atoms with Crippen molar-refractivity contribution < 1.29 is 18.3 Å². The summed E-state index contributed by atoms with van der Waals surface area (Å²) in [6.45, 7) is 1.51. The summed E-state index contributed by atoms with van der Waals surface area (Å²) in [4.78, 5) is 11.2. The number of hydrogen-bond donors (Lipinski definition) is 1. The van der Waals surface area contributed by atoms with Gasteiger partial charge in [0.2, 0.25) is 0 Å². The molecule has 0 aromatic heterocycles. The van der Waals surface area contributed by atoms with Crippen molar-refractivity contribution in [3.63, 3.8) is 0 Å². The van der Waals surface area contributed by atoms with Gasteiger partial charge in [0, 0.05) is 0 Å². The lowest BCUT2D eigenvalue weighted by Gasteiger charge is -2.26. The molecule has 1 unspecified atom stereocenters. The normalized spacial score (nSPS) is 18.1. The standard InChI is InChI=1S/C13H16O4S/c1-9(13(14)15)11-7-2-3-8-12(11)18(16,17)10-5-4-6-10/h2-3,7-10H,4-6H2,1H3,(H,14,15). The van der Waals surface area contributed by atoms with Gasteiger partial charge < -0.3 is 5.11 Å². The maximum Gasteiger partial charge on any atom is 0.310 e. The maximum atomic E-state index is 12.4. The quantitative estimate of drug-likeness (QED) is 0.908. The van der Waals surface area contributed by atoms with Crippen molar-refractivity contribution in [2.24, 2.45) is 0 Å². The summed E-state index contributed by atoms with van der Waals surface area (Å²) in [5.41, 5.74) is 0.386. The Balaban J connectivity index is 2.48. The van der Waals surface area contributed by atoms with E-state index < -0.39 is 21.7 Å². The van der Waals surface area contributed by atoms with E-state index in [1.807, 2.05) is 0 Å². The molecule has 98 valence electrons. The van der Waals surface area contributed by atoms with Gasteiger partial charge in [0.25, 0.3) is 0 Å². The minimum Gasteiger partial charge on any atom is -0.481 e. The van der Waals surface area contributed by atoms with Crippen LogP contribution < -0.4 is 0 Å². The number of aliphatic carboxylic acids is 1. The third-order valence-electron chi connectivity index (χ3n) is 3.55. The number of rotatable bonds is 4. The van der Waals surface area contributed by atoms with Crippen molar-refractivity contribution in [1.29, 1.82) is 0 Å². The molecule has 0 amide bonds. The fourth-order valence-corrected chi connectivity index (χ4v) is 4.25. The van der Waals surface area contributed by atoms with Gasteiger partial charge in [-0.25, -0.2) is 8.42 Å². The zero-order valence-electron chi connectivity index (χ0n) is 10.2. The van der Waals surface area contributed by atoms with Crippen LogP contribution in [0.15, 0.2) is 29.2 Å². The first kappa shape index (κ1) is 13.1. The number of carbonyl (C=O) groups is 1. The van der Waals surface area contributed by atoms with Crippen molar-refractivity contribution in [3.8, 4) is 0 Å². The first-order valence-corrected chi connectivity index (χ1v) is 7.55. The second-order valence-corrected chi connectivity index (χ2v) is 6.89. The van der Waals surface area contributed by atoms with Crippen LogP contribution in [0.3, 0.4) is 0 Å². The number of carboxylic acids is 1. The zero-order valence-corrected chi connectivity index (χ0v) is 11.0. The van der Waals surface area contributed by atoms with Crippen LogP contribution in [0.25, 0.3) is 0 Å². The molecule has 1 fully saturated rings. The summed E-state index contributed by atoms with van der Waals surface area (Å²) in [6, 6.07) is 6.42. The topological polar surface area (TPSA) is 71.4 Å². The summed E-state index contributed by atoms with van der Waals surface area (Å²) in [7, 11) is -3.37. The van der Waals surface area contributed by atoms with Crippen molar-refractivity contribution in [2.75, 3.05) is 0 Å². The van der Waals surface area contributed by atoms with Crippen LogP contribution in [0.2, 0.25) is 0 Å². The van der Waals surface area contributed by atoms with E-state index in [2.05, 4.69) is 0 Å². The van der Waals surface area contributed by atoms with Gasteiger partial charge in [-0.3, -0.25) is 4.79 Å². The van der Waals surface area contributed by atoms with E-state index in [9.17, 15) is 13.2 Å². The first-order chi connectivity index (χ1) is 8.44. The highest BCUT2D eigenvalue weighted by atomic mass is 32.2. The Morgan fingerprint density at radius 2 is 1.94 bits per heavy atom. The van der Waals surface area contributed by atoms with Crippen LogP contribution in [0.5, 0.6) is 0 Å². The van der Waals surface area contributed by atoms with Crippen molar-refractivity contribution >= 4 is 15.8 Å². The molecule has 1 atom stereocenters. The molecule has 0 heterocycles. The highest BCUT2D eigenvalue weighted by molar-refractivity contribution is 7.92. The molecule has 0 bridgehead atoms. The molecule has 1 saturated carbocycles. The highest BCUT2D eigenvalue weighted by Gasteiger charge is 2.35. The van der Waals surface area contributed by atoms with E-state index in [0.29, 0.717) is 18.4 Å². The lowest BCUT2D eigenvalue weighted by molar-refractivity contribution is -0.138. The number of sulfone groups is 1. The Morgan fingerprint density at radius 1 is 1.33 bits per heavy atom. The SMILES string of the molecule is CC(C(=O)O)c1ccccc1S(=O)(=O)C1CCC1. The van der Waals surface area contributed by atoms with Crippen LogP contribution in [-0.4, -0.2) is 24.7 Å². The summed E-state index contributed by atoms with van der Waals surface area (Å²) < 4.78 is 24.7. The fraction of sp³-hybridized carbons (Fsp3) is 0.462. The molecule has 1 aromatic rings. The van der Waals surface area contributed by atoms with E-state index >= 15 is 0 Å². The van der Waals surface area contributed by atoms with E-state index in [4.69, 9.17) is 5.11 Å². The van der Waals surface area contributed by atoms with Gasteiger partial charge in [0.05, 0.1) is 16.1 Å². The minimum absolute atomic E-state index is 0.185. The average molecular weight is 268 g/mol. The second kappa shape index (κ2) is 4.72. The molecular weight excluding hydrogens is 252 g/mol. The molecule has 1 aliphatic carbocycles. The number of benzene rings is 1. The number of carboxylic acid groups (broad SMARTS) is 1. The molecule has 0 saturated heterocycles. The largest absolute Gasteiger partial charge is 0.481 e. The Labute approximate surface area is 107 Å². The molecule has 5 heteroatoms. The summed E-state index contributed by atoms with van der Waals surface area (Å²) in [5, 5.41) is 8.71. The lowest BCUT2D eigenvalue weighted by Crippen LogP contribution is -2.29. The molecule has 0 radical (unpaired) electrons. The molecule has 1 aromatic carbocycles. The van der Waals surface area contributed by atoms with E-state index in [0.717, 1.165) is 6.42 Å². The van der Waals surface area contributed by atoms with Crippen LogP contribution in [0.4, 0.5) is 0 Å². The summed E-state index contributed by atoms with van der Waals surface area (Å²) in [6.07, 6.45) is 2.29. The Hall–Kier alpha value is -1.36. The van der Waals surface area contributed by atoms with Gasteiger partial charge in [-0.1, -0.05) is 24.6 Å². The van der Waals surface area contributed by atoms with E-state index in [-0.39, 0.29) is 10.1 Å². The van der Waals surface area contributed by atoms with E-state index in [1.165, 1.54) is 13.0 Å². The van der Waals surface area contributed by atoms with Gasteiger partial charge >= 0.3 is 5.97 Å². The molecular formula is C13H16O4S. The summed E-state index contributed by atoms with van der Waals surface area (Å²) in [5.74, 6) is -1.82. The van der Waals surface area contributed by atoms with Gasteiger partial charge in [-0.05, 0) is 31.4 Å². The van der Waals surface area contributed by atoms with Gasteiger partial charge in [0.15, 0.2) is 9.84 Å². The van der Waals surface area contributed by atoms with Crippen molar-refractivity contribution in [3.05, 3.63) is 29.8 Å². The van der Waals surface area contributed by atoms with Crippen LogP contribution in [-0.2, 0) is 14.6 Å². The Bertz CT molecular complexity index is 558. The van der Waals surface area contributed by atoms with Crippen LogP contribution >= 0.6 is 0 Å². The number of hydrogen-bond acceptors (Lipinski definition) is 3. The molecule has 1 N–H and O–H groups in total. The molecule has 1 aliphatic rings. The monoisotopic (exact) mass is 268 g/mol. The predicted octanol–water partition coefficient (Wildman–Crippen LogP) is 2.20. The van der Waals surface area contributed by atoms with Crippen LogP contribution in [0.1, 0.15) is 37.7 Å².